The summed E-state index contributed by atoms with van der Waals surface area (Å²) in [6.45, 7) is 4.76. The number of carbonyl (C=O) groups excluding carboxylic acids is 2. The summed E-state index contributed by atoms with van der Waals surface area (Å²) in [5.74, 6) is 0.731. The normalized spacial score (nSPS) is 16.8. The second kappa shape index (κ2) is 9.19. The quantitative estimate of drug-likeness (QED) is 0.733. The molecule has 150 valence electrons. The zero-order valence-electron chi connectivity index (χ0n) is 16.2. The fraction of sp³-hybridized carbons (Fsp3) is 0.500. The maximum atomic E-state index is 12.9. The Labute approximate surface area is 169 Å². The molecule has 2 amide bonds. The number of hydrogen-bond donors (Lipinski definition) is 0. The van der Waals surface area contributed by atoms with Crippen molar-refractivity contribution in [2.75, 3.05) is 19.6 Å². The fourth-order valence-corrected chi connectivity index (χ4v) is 3.57. The average molecular weight is 405 g/mol. The zero-order valence-corrected chi connectivity index (χ0v) is 17.0. The topological polar surface area (TPSA) is 79.5 Å². The first-order chi connectivity index (χ1) is 13.5. The lowest BCUT2D eigenvalue weighted by molar-refractivity contribution is -0.142. The van der Waals surface area contributed by atoms with Crippen molar-refractivity contribution in [1.82, 2.24) is 19.9 Å². The molecule has 3 rings (SSSR count). The summed E-state index contributed by atoms with van der Waals surface area (Å²) in [5, 5.41) is 4.71. The van der Waals surface area contributed by atoms with E-state index in [1.165, 1.54) is 6.92 Å². The third kappa shape index (κ3) is 4.70. The zero-order chi connectivity index (χ0) is 20.1. The Balaban J connectivity index is 1.77. The van der Waals surface area contributed by atoms with Crippen molar-refractivity contribution in [2.24, 2.45) is 0 Å². The molecule has 2 heterocycles. The summed E-state index contributed by atoms with van der Waals surface area (Å²) in [4.78, 5) is 32.6. The lowest BCUT2D eigenvalue weighted by atomic mass is 10.0. The van der Waals surface area contributed by atoms with Crippen molar-refractivity contribution in [1.29, 1.82) is 0 Å². The predicted octanol–water partition coefficient (Wildman–Crippen LogP) is 3.70. The lowest BCUT2D eigenvalue weighted by Gasteiger charge is -2.35. The van der Waals surface area contributed by atoms with Gasteiger partial charge in [0.05, 0.1) is 6.54 Å². The van der Waals surface area contributed by atoms with Gasteiger partial charge in [-0.05, 0) is 49.9 Å². The largest absolute Gasteiger partial charge is 0.337 e. The van der Waals surface area contributed by atoms with Gasteiger partial charge in [-0.25, -0.2) is 0 Å². The molecule has 1 aromatic carbocycles. The van der Waals surface area contributed by atoms with E-state index in [9.17, 15) is 9.59 Å². The van der Waals surface area contributed by atoms with Crippen molar-refractivity contribution in [3.63, 3.8) is 0 Å². The summed E-state index contributed by atoms with van der Waals surface area (Å²) >= 11 is 5.93. The Morgan fingerprint density at radius 2 is 2.04 bits per heavy atom. The van der Waals surface area contributed by atoms with E-state index in [0.717, 1.165) is 31.2 Å². The van der Waals surface area contributed by atoms with Crippen molar-refractivity contribution in [3.05, 3.63) is 35.2 Å². The van der Waals surface area contributed by atoms with Gasteiger partial charge >= 0.3 is 0 Å². The van der Waals surface area contributed by atoms with E-state index in [-0.39, 0.29) is 24.4 Å². The molecule has 2 aromatic rings. The van der Waals surface area contributed by atoms with Crippen LogP contribution in [0.5, 0.6) is 0 Å². The molecule has 1 atom stereocenters. The first kappa shape index (κ1) is 20.3. The number of benzene rings is 1. The minimum absolute atomic E-state index is 0.0812. The standard InChI is InChI=1S/C20H25ClN4O3/c1-3-11-24(14(2)26)13-18(27)25-12-5-4-6-17(25)20-22-19(23-28-20)15-7-9-16(21)10-8-15/h7-10,17H,3-6,11-13H2,1-2H3/t17-/m0/s1. The van der Waals surface area contributed by atoms with E-state index in [4.69, 9.17) is 16.1 Å². The third-order valence-corrected chi connectivity index (χ3v) is 5.17. The van der Waals surface area contributed by atoms with Crippen molar-refractivity contribution < 1.29 is 14.1 Å². The Hall–Kier alpha value is -2.41. The molecule has 1 aliphatic rings. The molecule has 7 nitrogen and oxygen atoms in total. The molecule has 1 aromatic heterocycles. The molecule has 1 saturated heterocycles. The molecule has 1 aliphatic heterocycles. The number of carbonyl (C=O) groups is 2. The molecule has 0 spiro atoms. The number of likely N-dealkylation sites (tertiary alicyclic amines) is 1. The maximum absolute atomic E-state index is 12.9. The van der Waals surface area contributed by atoms with Crippen LogP contribution in [0.2, 0.25) is 5.02 Å². The van der Waals surface area contributed by atoms with Crippen molar-refractivity contribution in [3.8, 4) is 11.4 Å². The molecule has 1 fully saturated rings. The molecule has 0 radical (unpaired) electrons. The first-order valence-electron chi connectivity index (χ1n) is 9.64. The van der Waals surface area contributed by atoms with Gasteiger partial charge in [0.25, 0.3) is 0 Å². The van der Waals surface area contributed by atoms with E-state index in [1.54, 1.807) is 21.9 Å². The number of aromatic nitrogens is 2. The van der Waals surface area contributed by atoms with Gasteiger partial charge in [0.2, 0.25) is 23.5 Å². The van der Waals surface area contributed by atoms with Gasteiger partial charge in [-0.1, -0.05) is 23.7 Å². The highest BCUT2D eigenvalue weighted by atomic mass is 35.5. The van der Waals surface area contributed by atoms with E-state index in [0.29, 0.717) is 29.8 Å². The number of hydrogen-bond acceptors (Lipinski definition) is 5. The van der Waals surface area contributed by atoms with Crippen LogP contribution in [-0.2, 0) is 9.59 Å². The van der Waals surface area contributed by atoms with Crippen LogP contribution < -0.4 is 0 Å². The maximum Gasteiger partial charge on any atom is 0.249 e. The van der Waals surface area contributed by atoms with Crippen LogP contribution in [0.25, 0.3) is 11.4 Å². The van der Waals surface area contributed by atoms with E-state index in [1.807, 2.05) is 19.1 Å². The van der Waals surface area contributed by atoms with Crippen LogP contribution in [0, 0.1) is 0 Å². The summed E-state index contributed by atoms with van der Waals surface area (Å²) in [6.07, 6.45) is 3.49. The lowest BCUT2D eigenvalue weighted by Crippen LogP contribution is -2.45. The second-order valence-electron chi connectivity index (χ2n) is 7.00. The molecular weight excluding hydrogens is 380 g/mol. The smallest absolute Gasteiger partial charge is 0.249 e. The molecule has 0 unspecified atom stereocenters. The highest BCUT2D eigenvalue weighted by molar-refractivity contribution is 6.30. The summed E-state index contributed by atoms with van der Waals surface area (Å²) in [6, 6.07) is 6.94. The number of halogens is 1. The minimum Gasteiger partial charge on any atom is -0.337 e. The monoisotopic (exact) mass is 404 g/mol. The Morgan fingerprint density at radius 3 is 2.71 bits per heavy atom. The molecule has 8 heteroatoms. The second-order valence-corrected chi connectivity index (χ2v) is 7.44. The van der Waals surface area contributed by atoms with Gasteiger partial charge in [-0.2, -0.15) is 4.98 Å². The van der Waals surface area contributed by atoms with Gasteiger partial charge in [-0.3, -0.25) is 9.59 Å². The van der Waals surface area contributed by atoms with Gasteiger partial charge in [0.15, 0.2) is 0 Å². The van der Waals surface area contributed by atoms with Crippen LogP contribution in [0.3, 0.4) is 0 Å². The molecule has 0 aliphatic carbocycles. The van der Waals surface area contributed by atoms with Gasteiger partial charge in [0.1, 0.15) is 6.04 Å². The number of nitrogens with zero attached hydrogens (tertiary/aromatic N) is 4. The van der Waals surface area contributed by atoms with Gasteiger partial charge in [-0.15, -0.1) is 0 Å². The average Bonchev–Trinajstić information content (AvgIpc) is 3.18. The number of amides is 2. The van der Waals surface area contributed by atoms with Crippen LogP contribution >= 0.6 is 11.6 Å². The van der Waals surface area contributed by atoms with Crippen LogP contribution in [0.15, 0.2) is 28.8 Å². The van der Waals surface area contributed by atoms with Crippen LogP contribution in [0.1, 0.15) is 51.5 Å². The summed E-state index contributed by atoms with van der Waals surface area (Å²) in [7, 11) is 0. The number of piperidine rings is 1. The van der Waals surface area contributed by atoms with E-state index < -0.39 is 0 Å². The summed E-state index contributed by atoms with van der Waals surface area (Å²) < 4.78 is 5.50. The fourth-order valence-electron chi connectivity index (χ4n) is 3.45. The summed E-state index contributed by atoms with van der Waals surface area (Å²) in [5.41, 5.74) is 0.804. The van der Waals surface area contributed by atoms with Crippen molar-refractivity contribution >= 4 is 23.4 Å². The van der Waals surface area contributed by atoms with Gasteiger partial charge in [0, 0.05) is 30.6 Å². The molecule has 0 N–H and O–H groups in total. The van der Waals surface area contributed by atoms with Crippen molar-refractivity contribution in [2.45, 2.75) is 45.6 Å². The third-order valence-electron chi connectivity index (χ3n) is 4.92. The highest BCUT2D eigenvalue weighted by Crippen LogP contribution is 2.31. The van der Waals surface area contributed by atoms with Crippen LogP contribution in [0.4, 0.5) is 0 Å². The minimum atomic E-state index is -0.259. The SMILES string of the molecule is CCCN(CC(=O)N1CCCC[C@H]1c1nc(-c2ccc(Cl)cc2)no1)C(C)=O. The first-order valence-corrected chi connectivity index (χ1v) is 10.0. The van der Waals surface area contributed by atoms with E-state index in [2.05, 4.69) is 10.1 Å². The molecular formula is C20H25ClN4O3. The van der Waals surface area contributed by atoms with E-state index >= 15 is 0 Å². The Kier molecular flexibility index (Phi) is 6.67. The van der Waals surface area contributed by atoms with Crippen LogP contribution in [-0.4, -0.2) is 51.4 Å². The number of rotatable bonds is 6. The predicted molar refractivity (Wildman–Crippen MR) is 106 cm³/mol. The Bertz CT molecular complexity index is 821. The van der Waals surface area contributed by atoms with Gasteiger partial charge < -0.3 is 14.3 Å². The highest BCUT2D eigenvalue weighted by Gasteiger charge is 2.33. The molecule has 0 bridgehead atoms. The molecule has 28 heavy (non-hydrogen) atoms. The molecule has 0 saturated carbocycles. The Morgan fingerprint density at radius 1 is 1.29 bits per heavy atom.